The zero-order valence-corrected chi connectivity index (χ0v) is 13.9. The number of aliphatic hydroxyl groups is 1. The number of rotatable bonds is 4. The molecule has 1 atom stereocenters. The minimum Gasteiger partial charge on any atom is -0.430 e. The molecule has 26 heavy (non-hydrogen) atoms. The molecule has 7 heteroatoms. The maximum Gasteiger partial charge on any atom is 0.411 e. The van der Waals surface area contributed by atoms with Gasteiger partial charge in [0.25, 0.3) is 0 Å². The SMILES string of the molecule is O=C(O[C@](CO)(c1cccc(F)c1)c1cccc(F)c1F)N1CCCC1. The molecule has 0 radical (unpaired) electrons. The number of hydrogen-bond donors (Lipinski definition) is 1. The maximum atomic E-state index is 14.5. The van der Waals surface area contributed by atoms with Crippen LogP contribution in [0.5, 0.6) is 0 Å². The molecule has 1 N–H and O–H groups in total. The average Bonchev–Trinajstić information content (AvgIpc) is 3.17. The topological polar surface area (TPSA) is 49.8 Å². The fourth-order valence-electron chi connectivity index (χ4n) is 3.15. The second kappa shape index (κ2) is 7.37. The van der Waals surface area contributed by atoms with Gasteiger partial charge in [0, 0.05) is 24.2 Å². The Kier molecular flexibility index (Phi) is 5.18. The van der Waals surface area contributed by atoms with Crippen molar-refractivity contribution >= 4 is 6.09 Å². The van der Waals surface area contributed by atoms with Crippen molar-refractivity contribution in [2.45, 2.75) is 18.4 Å². The number of aliphatic hydroxyl groups excluding tert-OH is 1. The van der Waals surface area contributed by atoms with Crippen LogP contribution in [0.1, 0.15) is 24.0 Å². The number of ether oxygens (including phenoxy) is 1. The molecule has 0 aromatic heterocycles. The highest BCUT2D eigenvalue weighted by Gasteiger charge is 2.42. The predicted molar refractivity (Wildman–Crippen MR) is 87.9 cm³/mol. The summed E-state index contributed by atoms with van der Waals surface area (Å²) in [5.74, 6) is -3.08. The van der Waals surface area contributed by atoms with Crippen molar-refractivity contribution in [3.63, 3.8) is 0 Å². The van der Waals surface area contributed by atoms with Crippen LogP contribution in [0.25, 0.3) is 0 Å². The largest absolute Gasteiger partial charge is 0.430 e. The number of carbonyl (C=O) groups is 1. The molecule has 1 amide bonds. The first-order valence-electron chi connectivity index (χ1n) is 8.27. The van der Waals surface area contributed by atoms with Gasteiger partial charge in [0.05, 0.1) is 6.61 Å². The molecule has 0 unspecified atom stereocenters. The first-order valence-corrected chi connectivity index (χ1v) is 8.27. The molecule has 1 fully saturated rings. The normalized spacial score (nSPS) is 16.4. The number of hydrogen-bond acceptors (Lipinski definition) is 3. The second-order valence-electron chi connectivity index (χ2n) is 6.16. The molecule has 0 saturated carbocycles. The summed E-state index contributed by atoms with van der Waals surface area (Å²) < 4.78 is 47.6. The molecule has 4 nitrogen and oxygen atoms in total. The highest BCUT2D eigenvalue weighted by Crippen LogP contribution is 2.37. The van der Waals surface area contributed by atoms with Crippen molar-refractivity contribution in [2.24, 2.45) is 0 Å². The lowest BCUT2D eigenvalue weighted by Crippen LogP contribution is -2.42. The van der Waals surface area contributed by atoms with Crippen molar-refractivity contribution in [3.8, 4) is 0 Å². The zero-order chi connectivity index (χ0) is 18.7. The summed E-state index contributed by atoms with van der Waals surface area (Å²) in [6.07, 6.45) is 0.829. The first kappa shape index (κ1) is 18.3. The molecule has 0 spiro atoms. The van der Waals surface area contributed by atoms with Crippen molar-refractivity contribution in [3.05, 3.63) is 71.0 Å². The van der Waals surface area contributed by atoms with Crippen molar-refractivity contribution in [1.82, 2.24) is 4.90 Å². The highest BCUT2D eigenvalue weighted by molar-refractivity contribution is 5.69. The highest BCUT2D eigenvalue weighted by atomic mass is 19.2. The summed E-state index contributed by atoms with van der Waals surface area (Å²) in [5, 5.41) is 10.1. The number of amides is 1. The Labute approximate surface area is 148 Å². The van der Waals surface area contributed by atoms with Crippen LogP contribution in [0.2, 0.25) is 0 Å². The molecule has 1 aliphatic heterocycles. The number of halogens is 3. The van der Waals surface area contributed by atoms with E-state index in [4.69, 9.17) is 4.74 Å². The van der Waals surface area contributed by atoms with E-state index >= 15 is 0 Å². The van der Waals surface area contributed by atoms with Gasteiger partial charge in [0.1, 0.15) is 5.82 Å². The van der Waals surface area contributed by atoms with Crippen LogP contribution < -0.4 is 0 Å². The molecule has 0 bridgehead atoms. The second-order valence-corrected chi connectivity index (χ2v) is 6.16. The molecular weight excluding hydrogens is 347 g/mol. The van der Waals surface area contributed by atoms with Gasteiger partial charge in [-0.25, -0.2) is 18.0 Å². The average molecular weight is 365 g/mol. The fraction of sp³-hybridized carbons (Fsp3) is 0.316. The number of carbonyl (C=O) groups excluding carboxylic acids is 1. The van der Waals surface area contributed by atoms with E-state index in [9.17, 15) is 23.1 Å². The van der Waals surface area contributed by atoms with Crippen LogP contribution in [0, 0.1) is 17.5 Å². The van der Waals surface area contributed by atoms with Crippen LogP contribution >= 0.6 is 0 Å². The van der Waals surface area contributed by atoms with Gasteiger partial charge in [-0.15, -0.1) is 0 Å². The lowest BCUT2D eigenvalue weighted by molar-refractivity contribution is -0.0219. The predicted octanol–water partition coefficient (Wildman–Crippen LogP) is 3.57. The summed E-state index contributed by atoms with van der Waals surface area (Å²) in [4.78, 5) is 13.9. The molecule has 1 heterocycles. The van der Waals surface area contributed by atoms with E-state index in [-0.39, 0.29) is 11.1 Å². The summed E-state index contributed by atoms with van der Waals surface area (Å²) in [7, 11) is 0. The zero-order valence-electron chi connectivity index (χ0n) is 13.9. The van der Waals surface area contributed by atoms with E-state index in [1.165, 1.54) is 29.2 Å². The summed E-state index contributed by atoms with van der Waals surface area (Å²) >= 11 is 0. The molecular formula is C19H18F3NO3. The summed E-state index contributed by atoms with van der Waals surface area (Å²) in [6.45, 7) is 0.0562. The van der Waals surface area contributed by atoms with E-state index in [1.54, 1.807) is 0 Å². The van der Waals surface area contributed by atoms with Gasteiger partial charge >= 0.3 is 6.09 Å². The van der Waals surface area contributed by atoms with Crippen molar-refractivity contribution in [2.75, 3.05) is 19.7 Å². The monoisotopic (exact) mass is 365 g/mol. The van der Waals surface area contributed by atoms with E-state index in [0.717, 1.165) is 31.0 Å². The van der Waals surface area contributed by atoms with Crippen LogP contribution in [0.4, 0.5) is 18.0 Å². The summed E-state index contributed by atoms with van der Waals surface area (Å²) in [5.41, 5.74) is -2.43. The Morgan fingerprint density at radius 3 is 2.46 bits per heavy atom. The molecule has 1 aliphatic rings. The third-order valence-electron chi connectivity index (χ3n) is 4.53. The van der Waals surface area contributed by atoms with Crippen molar-refractivity contribution < 1.29 is 27.8 Å². The Bertz CT molecular complexity index is 808. The first-order chi connectivity index (χ1) is 12.5. The lowest BCUT2D eigenvalue weighted by Gasteiger charge is -2.34. The Morgan fingerprint density at radius 1 is 1.12 bits per heavy atom. The van der Waals surface area contributed by atoms with E-state index < -0.39 is 35.8 Å². The third-order valence-corrected chi connectivity index (χ3v) is 4.53. The van der Waals surface area contributed by atoms with Gasteiger partial charge in [0.15, 0.2) is 17.2 Å². The number of likely N-dealkylation sites (tertiary alicyclic amines) is 1. The van der Waals surface area contributed by atoms with Crippen LogP contribution in [0.3, 0.4) is 0 Å². The van der Waals surface area contributed by atoms with Gasteiger partial charge in [-0.05, 0) is 31.0 Å². The minimum atomic E-state index is -2.06. The standard InChI is InChI=1S/C19H18F3NO3/c20-14-6-3-5-13(11-14)19(12-24,15-7-4-8-16(21)17(15)22)26-18(25)23-9-1-2-10-23/h3-8,11,24H,1-2,9-10,12H2/t19-/m1/s1. The van der Waals surface area contributed by atoms with Crippen LogP contribution in [-0.2, 0) is 10.3 Å². The molecule has 0 aliphatic carbocycles. The number of nitrogens with zero attached hydrogens (tertiary/aromatic N) is 1. The Morgan fingerprint density at radius 2 is 1.81 bits per heavy atom. The maximum absolute atomic E-state index is 14.5. The quantitative estimate of drug-likeness (QED) is 0.901. The van der Waals surface area contributed by atoms with Gasteiger partial charge in [-0.2, -0.15) is 0 Å². The Hall–Kier alpha value is -2.54. The van der Waals surface area contributed by atoms with Gasteiger partial charge in [-0.3, -0.25) is 0 Å². The van der Waals surface area contributed by atoms with Crippen LogP contribution in [-0.4, -0.2) is 35.8 Å². The van der Waals surface area contributed by atoms with Gasteiger partial charge in [0.2, 0.25) is 0 Å². The smallest absolute Gasteiger partial charge is 0.411 e. The fourth-order valence-corrected chi connectivity index (χ4v) is 3.15. The third kappa shape index (κ3) is 3.26. The van der Waals surface area contributed by atoms with Gasteiger partial charge < -0.3 is 14.7 Å². The molecule has 3 rings (SSSR count). The van der Waals surface area contributed by atoms with Crippen molar-refractivity contribution in [1.29, 1.82) is 0 Å². The minimum absolute atomic E-state index is 0.0112. The molecule has 2 aromatic rings. The number of benzene rings is 2. The van der Waals surface area contributed by atoms with E-state index in [0.29, 0.717) is 13.1 Å². The molecule has 2 aromatic carbocycles. The molecule has 138 valence electrons. The van der Waals surface area contributed by atoms with E-state index in [2.05, 4.69) is 0 Å². The molecule has 1 saturated heterocycles. The Balaban J connectivity index is 2.13. The lowest BCUT2D eigenvalue weighted by atomic mass is 9.86. The summed E-state index contributed by atoms with van der Waals surface area (Å²) in [6, 6.07) is 8.28. The van der Waals surface area contributed by atoms with Crippen LogP contribution in [0.15, 0.2) is 42.5 Å². The van der Waals surface area contributed by atoms with Gasteiger partial charge in [-0.1, -0.05) is 24.3 Å². The van der Waals surface area contributed by atoms with E-state index in [1.807, 2.05) is 0 Å².